The average molecular weight is 493 g/mol. The van der Waals surface area contributed by atoms with Gasteiger partial charge >= 0.3 is 0 Å². The molecule has 0 amide bonds. The number of benzene rings is 1. The molecule has 1 aromatic carbocycles. The fourth-order valence-electron chi connectivity index (χ4n) is 4.84. The summed E-state index contributed by atoms with van der Waals surface area (Å²) in [5.41, 5.74) is 3.72. The van der Waals surface area contributed by atoms with Crippen LogP contribution in [0, 0.1) is 11.6 Å². The van der Waals surface area contributed by atoms with Crippen LogP contribution in [0.1, 0.15) is 36.7 Å². The van der Waals surface area contributed by atoms with Crippen LogP contribution in [-0.4, -0.2) is 56.3 Å². The molecule has 188 valence electrons. The Morgan fingerprint density at radius 2 is 1.94 bits per heavy atom. The highest BCUT2D eigenvalue weighted by molar-refractivity contribution is 5.87. The highest BCUT2D eigenvalue weighted by Crippen LogP contribution is 2.32. The predicted octanol–water partition coefficient (Wildman–Crippen LogP) is 4.15. The minimum absolute atomic E-state index is 0.0185. The van der Waals surface area contributed by atoms with Gasteiger partial charge in [-0.3, -0.25) is 9.58 Å². The van der Waals surface area contributed by atoms with Gasteiger partial charge in [0.2, 0.25) is 5.95 Å². The normalized spacial score (nSPS) is 14.0. The molecular weight excluding hydrogens is 462 g/mol. The molecule has 36 heavy (non-hydrogen) atoms. The van der Waals surface area contributed by atoms with E-state index in [0.717, 1.165) is 50.2 Å². The Balaban J connectivity index is 1.43. The van der Waals surface area contributed by atoms with Gasteiger partial charge in [0, 0.05) is 62.0 Å². The Labute approximate surface area is 208 Å². The maximum atomic E-state index is 15.0. The van der Waals surface area contributed by atoms with Gasteiger partial charge in [-0.2, -0.15) is 5.10 Å². The van der Waals surface area contributed by atoms with Crippen molar-refractivity contribution in [2.75, 3.05) is 32.0 Å². The number of hydrogen-bond donors (Lipinski definition) is 2. The van der Waals surface area contributed by atoms with Gasteiger partial charge in [-0.05, 0) is 36.7 Å². The molecule has 0 atom stereocenters. The first kappa shape index (κ1) is 24.2. The lowest BCUT2D eigenvalue weighted by Gasteiger charge is -2.28. The third-order valence-electron chi connectivity index (χ3n) is 6.55. The summed E-state index contributed by atoms with van der Waals surface area (Å²) in [6, 6.07) is 6.95. The minimum Gasteiger partial charge on any atom is -0.318 e. The topological polar surface area (TPSA) is 83.8 Å². The van der Waals surface area contributed by atoms with Crippen LogP contribution in [0.2, 0.25) is 0 Å². The lowest BCUT2D eigenvalue weighted by atomic mass is 10.0. The van der Waals surface area contributed by atoms with Gasteiger partial charge in [-0.1, -0.05) is 19.9 Å². The zero-order valence-corrected chi connectivity index (χ0v) is 20.9. The van der Waals surface area contributed by atoms with Crippen molar-refractivity contribution >= 4 is 22.7 Å². The average Bonchev–Trinajstić information content (AvgIpc) is 3.20. The molecule has 4 aromatic rings. The van der Waals surface area contributed by atoms with E-state index in [1.54, 1.807) is 17.8 Å². The maximum absolute atomic E-state index is 15.0. The second-order valence-corrected chi connectivity index (χ2v) is 9.46. The van der Waals surface area contributed by atoms with Crippen molar-refractivity contribution in [3.05, 3.63) is 59.0 Å². The third kappa shape index (κ3) is 4.66. The number of fused-ring (bicyclic) bond motifs is 2. The number of halogens is 2. The Kier molecular flexibility index (Phi) is 6.63. The van der Waals surface area contributed by atoms with Crippen molar-refractivity contribution < 1.29 is 8.78 Å². The lowest BCUT2D eigenvalue weighted by molar-refractivity contribution is 0.254. The van der Waals surface area contributed by atoms with E-state index < -0.39 is 11.6 Å². The van der Waals surface area contributed by atoms with Crippen molar-refractivity contribution in [1.29, 1.82) is 0 Å². The summed E-state index contributed by atoms with van der Waals surface area (Å²) in [5.74, 6) is -0.244. The van der Waals surface area contributed by atoms with Crippen molar-refractivity contribution in [1.82, 2.24) is 34.9 Å². The van der Waals surface area contributed by atoms with Gasteiger partial charge in [0.15, 0.2) is 11.6 Å². The number of nitrogens with zero attached hydrogens (tertiary/aromatic N) is 6. The monoisotopic (exact) mass is 492 g/mol. The standard InChI is InChI=1S/C26H30F2N8/c1-15(2)25-18-11-17(12-19(27)24(18)34-35(25)4)23-20(28)13-30-26(33-23)32-22-6-5-16-14-36(10-8-29-3)9-7-21(16)31-22/h5-6,11-13,15,29H,7-10,14H2,1-4H3,(H,30,31,32,33). The predicted molar refractivity (Wildman–Crippen MR) is 136 cm³/mol. The van der Waals surface area contributed by atoms with Crippen LogP contribution in [-0.2, 0) is 20.0 Å². The van der Waals surface area contributed by atoms with Crippen molar-refractivity contribution in [3.63, 3.8) is 0 Å². The highest BCUT2D eigenvalue weighted by Gasteiger charge is 2.20. The third-order valence-corrected chi connectivity index (χ3v) is 6.55. The number of aryl methyl sites for hydroxylation is 1. The van der Waals surface area contributed by atoms with E-state index in [0.29, 0.717) is 16.8 Å². The van der Waals surface area contributed by atoms with Gasteiger partial charge in [0.1, 0.15) is 17.0 Å². The second kappa shape index (κ2) is 9.87. The Hall–Kier alpha value is -3.50. The summed E-state index contributed by atoms with van der Waals surface area (Å²) in [4.78, 5) is 15.6. The molecule has 0 aliphatic carbocycles. The molecule has 0 saturated heterocycles. The Bertz CT molecular complexity index is 1420. The molecule has 0 radical (unpaired) electrons. The summed E-state index contributed by atoms with van der Waals surface area (Å²) in [6.07, 6.45) is 1.95. The number of pyridine rings is 1. The molecule has 0 bridgehead atoms. The summed E-state index contributed by atoms with van der Waals surface area (Å²) in [6.45, 7) is 7.78. The van der Waals surface area contributed by atoms with Gasteiger partial charge in [-0.15, -0.1) is 0 Å². The van der Waals surface area contributed by atoms with Gasteiger partial charge < -0.3 is 10.6 Å². The molecular formula is C26H30F2N8. The van der Waals surface area contributed by atoms with Crippen molar-refractivity contribution in [3.8, 4) is 11.3 Å². The fourth-order valence-corrected chi connectivity index (χ4v) is 4.84. The Morgan fingerprint density at radius 1 is 1.11 bits per heavy atom. The number of aromatic nitrogens is 5. The molecule has 0 unspecified atom stereocenters. The number of nitrogens with one attached hydrogen (secondary N) is 2. The van der Waals surface area contributed by atoms with Crippen molar-refractivity contribution in [2.24, 2.45) is 7.05 Å². The molecule has 1 aliphatic heterocycles. The van der Waals surface area contributed by atoms with Crippen LogP contribution in [0.5, 0.6) is 0 Å². The first-order chi connectivity index (χ1) is 17.3. The largest absolute Gasteiger partial charge is 0.318 e. The van der Waals surface area contributed by atoms with E-state index >= 15 is 0 Å². The Morgan fingerprint density at radius 3 is 2.72 bits per heavy atom. The maximum Gasteiger partial charge on any atom is 0.229 e. The van der Waals surface area contributed by atoms with E-state index in [1.165, 1.54) is 11.6 Å². The molecule has 1 aliphatic rings. The summed E-state index contributed by atoms with van der Waals surface area (Å²) < 4.78 is 31.4. The SMILES string of the molecule is CNCCN1CCc2nc(Nc3ncc(F)c(-c4cc(F)c5nn(C)c(C(C)C)c5c4)n3)ccc2C1. The summed E-state index contributed by atoms with van der Waals surface area (Å²) in [7, 11) is 3.74. The van der Waals surface area contributed by atoms with Crippen LogP contribution in [0.4, 0.5) is 20.5 Å². The minimum atomic E-state index is -0.630. The molecule has 0 saturated carbocycles. The first-order valence-electron chi connectivity index (χ1n) is 12.2. The molecule has 8 nitrogen and oxygen atoms in total. The molecule has 5 rings (SSSR count). The quantitative estimate of drug-likeness (QED) is 0.401. The smallest absolute Gasteiger partial charge is 0.229 e. The molecule has 10 heteroatoms. The van der Waals surface area contributed by atoms with Crippen LogP contribution < -0.4 is 10.6 Å². The van der Waals surface area contributed by atoms with E-state index in [2.05, 4.69) is 36.7 Å². The second-order valence-electron chi connectivity index (χ2n) is 9.46. The van der Waals surface area contributed by atoms with Gasteiger partial charge in [0.25, 0.3) is 0 Å². The van der Waals surface area contributed by atoms with Gasteiger partial charge in [0.05, 0.1) is 6.20 Å². The molecule has 4 heterocycles. The van der Waals surface area contributed by atoms with Gasteiger partial charge in [-0.25, -0.2) is 23.7 Å². The fraction of sp³-hybridized carbons (Fsp3) is 0.385. The molecule has 0 spiro atoms. The van der Waals surface area contributed by atoms with E-state index in [9.17, 15) is 8.78 Å². The number of likely N-dealkylation sites (N-methyl/N-ethyl adjacent to an activating group) is 1. The van der Waals surface area contributed by atoms with E-state index in [1.807, 2.05) is 27.0 Å². The number of rotatable bonds is 7. The summed E-state index contributed by atoms with van der Waals surface area (Å²) in [5, 5.41) is 11.2. The zero-order valence-electron chi connectivity index (χ0n) is 20.9. The summed E-state index contributed by atoms with van der Waals surface area (Å²) >= 11 is 0. The van der Waals surface area contributed by atoms with Crippen LogP contribution in [0.25, 0.3) is 22.2 Å². The van der Waals surface area contributed by atoms with Crippen LogP contribution in [0.15, 0.2) is 30.5 Å². The first-order valence-corrected chi connectivity index (χ1v) is 12.2. The van der Waals surface area contributed by atoms with Crippen LogP contribution >= 0.6 is 0 Å². The molecule has 3 aromatic heterocycles. The highest BCUT2D eigenvalue weighted by atomic mass is 19.1. The number of anilines is 2. The number of hydrogen-bond acceptors (Lipinski definition) is 7. The van der Waals surface area contributed by atoms with Crippen molar-refractivity contribution in [2.45, 2.75) is 32.7 Å². The zero-order chi connectivity index (χ0) is 25.4. The molecule has 0 fully saturated rings. The lowest BCUT2D eigenvalue weighted by Crippen LogP contribution is -2.35. The van der Waals surface area contributed by atoms with E-state index in [-0.39, 0.29) is 23.1 Å². The van der Waals surface area contributed by atoms with E-state index in [4.69, 9.17) is 4.98 Å². The molecule has 2 N–H and O–H groups in total. The van der Waals surface area contributed by atoms with Crippen LogP contribution in [0.3, 0.4) is 0 Å².